The zero-order valence-corrected chi connectivity index (χ0v) is 11.3. The van der Waals surface area contributed by atoms with Crippen molar-refractivity contribution >= 4 is 22.4 Å². The summed E-state index contributed by atoms with van der Waals surface area (Å²) in [5, 5.41) is 3.49. The third-order valence-electron chi connectivity index (χ3n) is 2.48. The number of anilines is 1. The van der Waals surface area contributed by atoms with E-state index in [-0.39, 0.29) is 18.1 Å². The molecule has 1 aromatic rings. The molecule has 1 amide bonds. The van der Waals surface area contributed by atoms with Crippen molar-refractivity contribution in [1.29, 1.82) is 0 Å². The van der Waals surface area contributed by atoms with Gasteiger partial charge in [0.05, 0.1) is 11.3 Å². The van der Waals surface area contributed by atoms with E-state index in [1.807, 2.05) is 20.8 Å². The molecule has 0 aromatic carbocycles. The summed E-state index contributed by atoms with van der Waals surface area (Å²) in [6, 6.07) is 0. The fraction of sp³-hybridized carbons (Fsp3) is 0.667. The molecule has 4 nitrogen and oxygen atoms in total. The van der Waals surface area contributed by atoms with Gasteiger partial charge >= 0.3 is 0 Å². The summed E-state index contributed by atoms with van der Waals surface area (Å²) in [5.41, 5.74) is 0.865. The van der Waals surface area contributed by atoms with Crippen LogP contribution in [0.25, 0.3) is 0 Å². The SMILES string of the molecule is CC(C)(C)OCC(=O)Nc1nc2c(s1)CCC2. The molecule has 0 saturated carbocycles. The molecule has 17 heavy (non-hydrogen) atoms. The van der Waals surface area contributed by atoms with Crippen molar-refractivity contribution in [3.63, 3.8) is 0 Å². The maximum absolute atomic E-state index is 11.6. The Morgan fingerprint density at radius 1 is 1.47 bits per heavy atom. The maximum atomic E-state index is 11.6. The van der Waals surface area contributed by atoms with Crippen LogP contribution in [0.5, 0.6) is 0 Å². The number of amides is 1. The monoisotopic (exact) mass is 254 g/mol. The van der Waals surface area contributed by atoms with Crippen molar-refractivity contribution < 1.29 is 9.53 Å². The molecule has 0 atom stereocenters. The maximum Gasteiger partial charge on any atom is 0.252 e. The van der Waals surface area contributed by atoms with Gasteiger partial charge in [-0.05, 0) is 40.0 Å². The third kappa shape index (κ3) is 3.51. The number of aromatic nitrogens is 1. The normalized spacial score (nSPS) is 14.8. The van der Waals surface area contributed by atoms with E-state index >= 15 is 0 Å². The van der Waals surface area contributed by atoms with Crippen LogP contribution in [0.2, 0.25) is 0 Å². The van der Waals surface area contributed by atoms with Crippen LogP contribution >= 0.6 is 11.3 Å². The molecule has 5 heteroatoms. The smallest absolute Gasteiger partial charge is 0.252 e. The molecule has 0 unspecified atom stereocenters. The Labute approximate surface area is 105 Å². The van der Waals surface area contributed by atoms with Crippen LogP contribution in [0.1, 0.15) is 37.8 Å². The first-order valence-corrected chi connectivity index (χ1v) is 6.68. The number of nitrogens with zero attached hydrogens (tertiary/aromatic N) is 1. The van der Waals surface area contributed by atoms with Gasteiger partial charge in [-0.2, -0.15) is 0 Å². The Hall–Kier alpha value is -0.940. The van der Waals surface area contributed by atoms with Crippen LogP contribution in [-0.4, -0.2) is 23.1 Å². The topological polar surface area (TPSA) is 51.2 Å². The Kier molecular flexibility index (Phi) is 3.49. The Morgan fingerprint density at radius 3 is 2.88 bits per heavy atom. The number of carbonyl (C=O) groups excluding carboxylic acids is 1. The zero-order valence-electron chi connectivity index (χ0n) is 10.5. The van der Waals surface area contributed by atoms with Crippen LogP contribution in [0, 0.1) is 0 Å². The minimum atomic E-state index is -0.290. The summed E-state index contributed by atoms with van der Waals surface area (Å²) in [6.07, 6.45) is 3.33. The lowest BCUT2D eigenvalue weighted by molar-refractivity contribution is -0.125. The van der Waals surface area contributed by atoms with Crippen LogP contribution in [0.15, 0.2) is 0 Å². The first kappa shape index (κ1) is 12.5. The minimum Gasteiger partial charge on any atom is -0.366 e. The van der Waals surface area contributed by atoms with Gasteiger partial charge in [-0.15, -0.1) is 11.3 Å². The first-order chi connectivity index (χ1) is 7.94. The first-order valence-electron chi connectivity index (χ1n) is 5.86. The van der Waals surface area contributed by atoms with Gasteiger partial charge in [0.25, 0.3) is 5.91 Å². The molecule has 1 N–H and O–H groups in total. The van der Waals surface area contributed by atoms with E-state index in [9.17, 15) is 4.79 Å². The summed E-state index contributed by atoms with van der Waals surface area (Å²) in [5.74, 6) is -0.132. The largest absolute Gasteiger partial charge is 0.366 e. The van der Waals surface area contributed by atoms with Crippen LogP contribution in [0.3, 0.4) is 0 Å². The second-order valence-corrected chi connectivity index (χ2v) is 6.28. The fourth-order valence-corrected chi connectivity index (χ4v) is 2.75. The Bertz CT molecular complexity index is 399. The van der Waals surface area contributed by atoms with E-state index in [1.54, 1.807) is 11.3 Å². The lowest BCUT2D eigenvalue weighted by Crippen LogP contribution is -2.27. The molecule has 2 rings (SSSR count). The summed E-state index contributed by atoms with van der Waals surface area (Å²) in [6.45, 7) is 5.86. The number of hydrogen-bond donors (Lipinski definition) is 1. The highest BCUT2D eigenvalue weighted by molar-refractivity contribution is 7.15. The molecule has 0 aliphatic heterocycles. The van der Waals surface area contributed by atoms with Crippen LogP contribution in [0.4, 0.5) is 5.13 Å². The third-order valence-corrected chi connectivity index (χ3v) is 3.55. The predicted molar refractivity (Wildman–Crippen MR) is 68.5 cm³/mol. The second-order valence-electron chi connectivity index (χ2n) is 5.19. The molecule has 0 radical (unpaired) electrons. The molecule has 1 aliphatic rings. The number of aryl methyl sites for hydroxylation is 2. The standard InChI is InChI=1S/C12H18N2O2S/c1-12(2,3)16-7-10(15)14-11-13-8-5-4-6-9(8)17-11/h4-7H2,1-3H3,(H,13,14,15). The van der Waals surface area contributed by atoms with Crippen LogP contribution < -0.4 is 5.32 Å². The molecule has 0 fully saturated rings. The van der Waals surface area contributed by atoms with Gasteiger partial charge in [-0.1, -0.05) is 0 Å². The van der Waals surface area contributed by atoms with Gasteiger partial charge in [0, 0.05) is 4.88 Å². The Morgan fingerprint density at radius 2 is 2.24 bits per heavy atom. The van der Waals surface area contributed by atoms with Crippen molar-refractivity contribution in [2.45, 2.75) is 45.6 Å². The quantitative estimate of drug-likeness (QED) is 0.901. The average molecular weight is 254 g/mol. The van der Waals surface area contributed by atoms with Gasteiger partial charge < -0.3 is 4.74 Å². The van der Waals surface area contributed by atoms with Gasteiger partial charge in [-0.25, -0.2) is 4.98 Å². The molecule has 0 spiro atoms. The molecule has 0 saturated heterocycles. The summed E-state index contributed by atoms with van der Waals surface area (Å²) >= 11 is 1.59. The van der Waals surface area contributed by atoms with Gasteiger partial charge in [0.1, 0.15) is 6.61 Å². The number of fused-ring (bicyclic) bond motifs is 1. The van der Waals surface area contributed by atoms with Gasteiger partial charge in [-0.3, -0.25) is 10.1 Å². The predicted octanol–water partition coefficient (Wildman–Crippen LogP) is 2.39. The number of thiazole rings is 1. The van der Waals surface area contributed by atoms with E-state index in [1.165, 1.54) is 11.3 Å². The second kappa shape index (κ2) is 4.74. The lowest BCUT2D eigenvalue weighted by Gasteiger charge is -2.18. The highest BCUT2D eigenvalue weighted by Gasteiger charge is 2.18. The molecule has 1 aromatic heterocycles. The molecular formula is C12H18N2O2S. The zero-order chi connectivity index (χ0) is 12.5. The van der Waals surface area contributed by atoms with Crippen LogP contribution in [-0.2, 0) is 22.4 Å². The van der Waals surface area contributed by atoms with Gasteiger partial charge in [0.15, 0.2) is 5.13 Å². The molecule has 94 valence electrons. The number of nitrogens with one attached hydrogen (secondary N) is 1. The number of rotatable bonds is 3. The summed E-state index contributed by atoms with van der Waals surface area (Å²) < 4.78 is 5.41. The number of carbonyl (C=O) groups is 1. The highest BCUT2D eigenvalue weighted by atomic mass is 32.1. The number of hydrogen-bond acceptors (Lipinski definition) is 4. The van der Waals surface area contributed by atoms with E-state index in [0.29, 0.717) is 5.13 Å². The van der Waals surface area contributed by atoms with E-state index in [2.05, 4.69) is 10.3 Å². The van der Waals surface area contributed by atoms with Crippen molar-refractivity contribution in [1.82, 2.24) is 4.98 Å². The van der Waals surface area contributed by atoms with E-state index in [4.69, 9.17) is 4.74 Å². The molecule has 1 heterocycles. The highest BCUT2D eigenvalue weighted by Crippen LogP contribution is 2.30. The minimum absolute atomic E-state index is 0.0771. The van der Waals surface area contributed by atoms with Crippen molar-refractivity contribution in [3.05, 3.63) is 10.6 Å². The van der Waals surface area contributed by atoms with Crippen molar-refractivity contribution in [3.8, 4) is 0 Å². The average Bonchev–Trinajstić information content (AvgIpc) is 2.73. The van der Waals surface area contributed by atoms with Gasteiger partial charge in [0.2, 0.25) is 0 Å². The fourth-order valence-electron chi connectivity index (χ4n) is 1.68. The molecule has 1 aliphatic carbocycles. The summed E-state index contributed by atoms with van der Waals surface area (Å²) in [7, 11) is 0. The Balaban J connectivity index is 1.86. The van der Waals surface area contributed by atoms with Crippen molar-refractivity contribution in [2.24, 2.45) is 0 Å². The number of ether oxygens (including phenoxy) is 1. The molecular weight excluding hydrogens is 236 g/mol. The lowest BCUT2D eigenvalue weighted by atomic mass is 10.2. The van der Waals surface area contributed by atoms with E-state index in [0.717, 1.165) is 18.5 Å². The van der Waals surface area contributed by atoms with E-state index < -0.39 is 0 Å². The summed E-state index contributed by atoms with van der Waals surface area (Å²) in [4.78, 5) is 17.3. The van der Waals surface area contributed by atoms with Crippen molar-refractivity contribution in [2.75, 3.05) is 11.9 Å². The molecule has 0 bridgehead atoms.